The maximum atomic E-state index is 12.6. The molecule has 1 heterocycles. The van der Waals surface area contributed by atoms with E-state index in [1.54, 1.807) is 13.8 Å². The van der Waals surface area contributed by atoms with Crippen LogP contribution in [-0.4, -0.2) is 20.6 Å². The summed E-state index contributed by atoms with van der Waals surface area (Å²) in [4.78, 5) is 14.0. The zero-order valence-electron chi connectivity index (χ0n) is 8.75. The van der Waals surface area contributed by atoms with Crippen molar-refractivity contribution in [2.24, 2.45) is 0 Å². The molecular weight excluding hydrogens is 225 g/mol. The lowest BCUT2D eigenvalue weighted by molar-refractivity contribution is -0.144. The predicted octanol–water partition coefficient (Wildman–Crippen LogP) is 2.11. The third kappa shape index (κ3) is 2.53. The van der Waals surface area contributed by atoms with Gasteiger partial charge in [-0.05, 0) is 13.8 Å². The van der Waals surface area contributed by atoms with E-state index in [1.807, 2.05) is 0 Å². The van der Waals surface area contributed by atoms with Gasteiger partial charge in [0.1, 0.15) is 17.9 Å². The number of alkyl halides is 3. The standard InChI is InChI=1S/C9H11F3N2O2/c1-5(2)14-6(9(10,11)12)4-13-7(14)3-8(15)16/h4-5H,3H2,1-2H3,(H,15,16). The van der Waals surface area contributed by atoms with E-state index in [0.29, 0.717) is 6.20 Å². The van der Waals surface area contributed by atoms with Crippen LogP contribution in [0.1, 0.15) is 31.4 Å². The van der Waals surface area contributed by atoms with Crippen LogP contribution < -0.4 is 0 Å². The van der Waals surface area contributed by atoms with Crippen molar-refractivity contribution in [3.05, 3.63) is 17.7 Å². The first kappa shape index (κ1) is 12.5. The van der Waals surface area contributed by atoms with Crippen LogP contribution in [0.15, 0.2) is 6.20 Å². The van der Waals surface area contributed by atoms with Crippen molar-refractivity contribution in [3.8, 4) is 0 Å². The molecule has 0 aromatic carbocycles. The monoisotopic (exact) mass is 236 g/mol. The van der Waals surface area contributed by atoms with Crippen LogP contribution in [0.5, 0.6) is 0 Å². The lowest BCUT2D eigenvalue weighted by atomic mass is 10.3. The van der Waals surface area contributed by atoms with Gasteiger partial charge in [-0.25, -0.2) is 4.98 Å². The average Bonchev–Trinajstić information content (AvgIpc) is 2.45. The number of halogens is 3. The number of nitrogens with zero attached hydrogens (tertiary/aromatic N) is 2. The summed E-state index contributed by atoms with van der Waals surface area (Å²) in [5.41, 5.74) is -0.918. The molecule has 0 saturated carbocycles. The van der Waals surface area contributed by atoms with Crippen LogP contribution in [0.2, 0.25) is 0 Å². The number of rotatable bonds is 3. The van der Waals surface area contributed by atoms with Gasteiger partial charge >= 0.3 is 12.1 Å². The highest BCUT2D eigenvalue weighted by atomic mass is 19.4. The summed E-state index contributed by atoms with van der Waals surface area (Å²) in [5, 5.41) is 8.55. The molecule has 7 heteroatoms. The van der Waals surface area contributed by atoms with E-state index in [0.717, 1.165) is 4.57 Å². The van der Waals surface area contributed by atoms with Gasteiger partial charge in [0.05, 0.1) is 6.20 Å². The van der Waals surface area contributed by atoms with E-state index < -0.39 is 30.3 Å². The third-order valence-corrected chi connectivity index (χ3v) is 1.99. The molecule has 1 aromatic heterocycles. The topological polar surface area (TPSA) is 55.1 Å². The first-order chi connectivity index (χ1) is 7.23. The molecule has 0 amide bonds. The number of hydrogen-bond donors (Lipinski definition) is 1. The Morgan fingerprint density at radius 3 is 2.50 bits per heavy atom. The summed E-state index contributed by atoms with van der Waals surface area (Å²) >= 11 is 0. The Morgan fingerprint density at radius 1 is 1.56 bits per heavy atom. The second-order valence-electron chi connectivity index (χ2n) is 3.59. The number of hydrogen-bond acceptors (Lipinski definition) is 2. The highest BCUT2D eigenvalue weighted by Crippen LogP contribution is 2.31. The number of aliphatic carboxylic acids is 1. The van der Waals surface area contributed by atoms with Gasteiger partial charge in [-0.15, -0.1) is 0 Å². The van der Waals surface area contributed by atoms with Gasteiger partial charge in [0.2, 0.25) is 0 Å². The quantitative estimate of drug-likeness (QED) is 0.874. The molecule has 0 saturated heterocycles. The zero-order valence-corrected chi connectivity index (χ0v) is 8.75. The molecule has 0 aliphatic heterocycles. The van der Waals surface area contributed by atoms with Crippen molar-refractivity contribution in [2.45, 2.75) is 32.5 Å². The zero-order chi connectivity index (χ0) is 12.5. The molecule has 16 heavy (non-hydrogen) atoms. The molecule has 1 N–H and O–H groups in total. The van der Waals surface area contributed by atoms with Crippen molar-refractivity contribution in [2.75, 3.05) is 0 Å². The first-order valence-electron chi connectivity index (χ1n) is 4.58. The van der Waals surface area contributed by atoms with E-state index in [-0.39, 0.29) is 5.82 Å². The minimum Gasteiger partial charge on any atom is -0.481 e. The van der Waals surface area contributed by atoms with Crippen molar-refractivity contribution >= 4 is 5.97 Å². The van der Waals surface area contributed by atoms with Gasteiger partial charge in [0.15, 0.2) is 0 Å². The molecule has 1 rings (SSSR count). The normalized spacial score (nSPS) is 12.1. The molecule has 0 atom stereocenters. The summed E-state index contributed by atoms with van der Waals surface area (Å²) in [6, 6.07) is -0.492. The molecule has 0 fully saturated rings. The van der Waals surface area contributed by atoms with Crippen LogP contribution in [-0.2, 0) is 17.4 Å². The van der Waals surface area contributed by atoms with E-state index in [2.05, 4.69) is 4.98 Å². The van der Waals surface area contributed by atoms with E-state index >= 15 is 0 Å². The fourth-order valence-electron chi connectivity index (χ4n) is 1.45. The van der Waals surface area contributed by atoms with Crippen LogP contribution in [0, 0.1) is 0 Å². The Hall–Kier alpha value is -1.53. The van der Waals surface area contributed by atoms with E-state index in [1.165, 1.54) is 0 Å². The van der Waals surface area contributed by atoms with Crippen molar-refractivity contribution in [3.63, 3.8) is 0 Å². The molecule has 0 aliphatic carbocycles. The second kappa shape index (κ2) is 4.15. The largest absolute Gasteiger partial charge is 0.481 e. The van der Waals surface area contributed by atoms with Crippen LogP contribution in [0.25, 0.3) is 0 Å². The van der Waals surface area contributed by atoms with Crippen LogP contribution in [0.3, 0.4) is 0 Å². The number of imidazole rings is 1. The predicted molar refractivity (Wildman–Crippen MR) is 49.0 cm³/mol. The summed E-state index contributed by atoms with van der Waals surface area (Å²) < 4.78 is 38.6. The van der Waals surface area contributed by atoms with Gasteiger partial charge in [-0.3, -0.25) is 4.79 Å². The van der Waals surface area contributed by atoms with Crippen molar-refractivity contribution in [1.29, 1.82) is 0 Å². The Kier molecular flexibility index (Phi) is 3.25. The number of aromatic nitrogens is 2. The van der Waals surface area contributed by atoms with Gasteiger partial charge in [-0.2, -0.15) is 13.2 Å². The first-order valence-corrected chi connectivity index (χ1v) is 4.58. The van der Waals surface area contributed by atoms with E-state index in [4.69, 9.17) is 5.11 Å². The summed E-state index contributed by atoms with van der Waals surface area (Å²) in [7, 11) is 0. The third-order valence-electron chi connectivity index (χ3n) is 1.99. The minimum atomic E-state index is -4.52. The molecule has 1 aromatic rings. The van der Waals surface area contributed by atoms with Gasteiger partial charge < -0.3 is 9.67 Å². The average molecular weight is 236 g/mol. The molecule has 90 valence electrons. The lowest BCUT2D eigenvalue weighted by Crippen LogP contribution is -2.18. The Morgan fingerprint density at radius 2 is 2.12 bits per heavy atom. The van der Waals surface area contributed by atoms with Crippen LogP contribution in [0.4, 0.5) is 13.2 Å². The molecule has 0 spiro atoms. The minimum absolute atomic E-state index is 0.0881. The Bertz CT molecular complexity index is 396. The number of carboxylic acids is 1. The highest BCUT2D eigenvalue weighted by molar-refractivity contribution is 5.69. The van der Waals surface area contributed by atoms with Gasteiger partial charge in [0, 0.05) is 6.04 Å². The second-order valence-corrected chi connectivity index (χ2v) is 3.59. The molecule has 0 unspecified atom stereocenters. The summed E-state index contributed by atoms with van der Waals surface area (Å²) in [6.45, 7) is 3.09. The molecule has 0 aliphatic rings. The van der Waals surface area contributed by atoms with Gasteiger partial charge in [0.25, 0.3) is 0 Å². The smallest absolute Gasteiger partial charge is 0.433 e. The fraction of sp³-hybridized carbons (Fsp3) is 0.556. The van der Waals surface area contributed by atoms with E-state index in [9.17, 15) is 18.0 Å². The number of carboxylic acid groups (broad SMARTS) is 1. The maximum Gasteiger partial charge on any atom is 0.433 e. The SMILES string of the molecule is CC(C)n1c(C(F)(F)F)cnc1CC(=O)O. The fourth-order valence-corrected chi connectivity index (χ4v) is 1.45. The Labute approximate surface area is 89.7 Å². The summed E-state index contributed by atoms with van der Waals surface area (Å²) in [5.74, 6) is -1.30. The molecule has 4 nitrogen and oxygen atoms in total. The van der Waals surface area contributed by atoms with Crippen molar-refractivity contribution < 1.29 is 23.1 Å². The lowest BCUT2D eigenvalue weighted by Gasteiger charge is -2.16. The maximum absolute atomic E-state index is 12.6. The van der Waals surface area contributed by atoms with Crippen LogP contribution >= 0.6 is 0 Å². The Balaban J connectivity index is 3.22. The molecule has 0 bridgehead atoms. The summed E-state index contributed by atoms with van der Waals surface area (Å²) in [6.07, 6.45) is -4.37. The van der Waals surface area contributed by atoms with Crippen molar-refractivity contribution in [1.82, 2.24) is 9.55 Å². The molecular formula is C9H11F3N2O2. The highest BCUT2D eigenvalue weighted by Gasteiger charge is 2.36. The molecule has 0 radical (unpaired) electrons. The number of carbonyl (C=O) groups is 1. The van der Waals surface area contributed by atoms with Gasteiger partial charge in [-0.1, -0.05) is 0 Å².